The zero-order valence-electron chi connectivity index (χ0n) is 15.8. The van der Waals surface area contributed by atoms with Gasteiger partial charge < -0.3 is 16.0 Å². The Morgan fingerprint density at radius 3 is 2.73 bits per heavy atom. The van der Waals surface area contributed by atoms with Crippen molar-refractivity contribution in [1.82, 2.24) is 30.7 Å². The number of rotatable bonds is 7. The first kappa shape index (κ1) is 19.4. The second-order valence-electron chi connectivity index (χ2n) is 6.06. The van der Waals surface area contributed by atoms with Crippen molar-refractivity contribution in [3.8, 4) is 0 Å². The van der Waals surface area contributed by atoms with Gasteiger partial charge in [-0.25, -0.2) is 4.98 Å². The maximum absolute atomic E-state index is 12.2. The first-order valence-electron chi connectivity index (χ1n) is 8.70. The van der Waals surface area contributed by atoms with Gasteiger partial charge >= 0.3 is 0 Å². The minimum Gasteiger partial charge on any atom is -0.352 e. The first-order chi connectivity index (χ1) is 12.5. The molecule has 2 aromatic rings. The summed E-state index contributed by atoms with van der Waals surface area (Å²) in [7, 11) is 3.55. The molecule has 0 aliphatic carbocycles. The number of nitrogens with one attached hydrogen (secondary N) is 3. The third kappa shape index (κ3) is 5.58. The number of guanidine groups is 1. The van der Waals surface area contributed by atoms with Crippen LogP contribution in [0.4, 0.5) is 0 Å². The molecule has 1 heterocycles. The van der Waals surface area contributed by atoms with E-state index in [2.05, 4.69) is 31.0 Å². The average molecular weight is 357 g/mol. The maximum Gasteiger partial charge on any atom is 0.251 e. The molecule has 0 bridgehead atoms. The van der Waals surface area contributed by atoms with E-state index in [0.29, 0.717) is 24.6 Å². The fourth-order valence-electron chi connectivity index (χ4n) is 2.28. The molecule has 1 aromatic heterocycles. The SMILES string of the molecule is CCC(C)NC(=O)c1cccc(CNC(=NC)NCc2ncnn2C)c1. The maximum atomic E-state index is 12.2. The zero-order valence-corrected chi connectivity index (χ0v) is 15.8. The molecule has 0 spiro atoms. The second-order valence-corrected chi connectivity index (χ2v) is 6.06. The largest absolute Gasteiger partial charge is 0.352 e. The lowest BCUT2D eigenvalue weighted by Gasteiger charge is -2.13. The molecular weight excluding hydrogens is 330 g/mol. The Morgan fingerprint density at radius 2 is 2.08 bits per heavy atom. The summed E-state index contributed by atoms with van der Waals surface area (Å²) in [6.45, 7) is 5.12. The molecule has 0 aliphatic heterocycles. The predicted octanol–water partition coefficient (Wildman–Crippen LogP) is 1.21. The lowest BCUT2D eigenvalue weighted by molar-refractivity contribution is 0.0939. The average Bonchev–Trinajstić information content (AvgIpc) is 3.07. The molecule has 0 radical (unpaired) electrons. The van der Waals surface area contributed by atoms with Crippen LogP contribution in [-0.2, 0) is 20.1 Å². The molecule has 1 aromatic carbocycles. The molecule has 140 valence electrons. The number of carbonyl (C=O) groups is 1. The number of aliphatic imine (C=N–C) groups is 1. The monoisotopic (exact) mass is 357 g/mol. The smallest absolute Gasteiger partial charge is 0.251 e. The van der Waals surface area contributed by atoms with Gasteiger partial charge in [-0.1, -0.05) is 19.1 Å². The van der Waals surface area contributed by atoms with Crippen molar-refractivity contribution in [3.05, 3.63) is 47.5 Å². The lowest BCUT2D eigenvalue weighted by atomic mass is 10.1. The van der Waals surface area contributed by atoms with Crippen LogP contribution in [0.15, 0.2) is 35.6 Å². The van der Waals surface area contributed by atoms with Gasteiger partial charge in [-0.15, -0.1) is 0 Å². The van der Waals surface area contributed by atoms with Crippen LogP contribution in [0.25, 0.3) is 0 Å². The van der Waals surface area contributed by atoms with Crippen molar-refractivity contribution in [1.29, 1.82) is 0 Å². The van der Waals surface area contributed by atoms with Crippen LogP contribution in [0.2, 0.25) is 0 Å². The summed E-state index contributed by atoms with van der Waals surface area (Å²) >= 11 is 0. The highest BCUT2D eigenvalue weighted by Gasteiger charge is 2.09. The molecule has 1 unspecified atom stereocenters. The standard InChI is InChI=1S/C18H27N7O/c1-5-13(2)24-17(26)15-8-6-7-14(9-15)10-20-18(19-3)21-11-16-22-12-23-25(16)4/h6-9,12-13H,5,10-11H2,1-4H3,(H,24,26)(H2,19,20,21). The van der Waals surface area contributed by atoms with E-state index in [1.54, 1.807) is 11.7 Å². The molecular formula is C18H27N7O. The summed E-state index contributed by atoms with van der Waals surface area (Å²) in [5, 5.41) is 13.4. The van der Waals surface area contributed by atoms with E-state index >= 15 is 0 Å². The van der Waals surface area contributed by atoms with Gasteiger partial charge in [-0.05, 0) is 31.0 Å². The van der Waals surface area contributed by atoms with Gasteiger partial charge in [0.25, 0.3) is 5.91 Å². The molecule has 0 saturated heterocycles. The zero-order chi connectivity index (χ0) is 18.9. The highest BCUT2D eigenvalue weighted by Crippen LogP contribution is 2.06. The molecule has 1 amide bonds. The Kier molecular flexibility index (Phi) is 7.13. The van der Waals surface area contributed by atoms with Crippen LogP contribution >= 0.6 is 0 Å². The Balaban J connectivity index is 1.90. The number of benzene rings is 1. The van der Waals surface area contributed by atoms with Crippen molar-refractivity contribution in [2.24, 2.45) is 12.0 Å². The van der Waals surface area contributed by atoms with Crippen molar-refractivity contribution in [2.75, 3.05) is 7.05 Å². The van der Waals surface area contributed by atoms with Crippen molar-refractivity contribution < 1.29 is 4.79 Å². The number of nitrogens with zero attached hydrogens (tertiary/aromatic N) is 4. The summed E-state index contributed by atoms with van der Waals surface area (Å²) in [4.78, 5) is 20.6. The number of amides is 1. The second kappa shape index (κ2) is 9.55. The summed E-state index contributed by atoms with van der Waals surface area (Å²) in [6, 6.07) is 7.73. The third-order valence-electron chi connectivity index (χ3n) is 4.08. The number of aromatic nitrogens is 3. The van der Waals surface area contributed by atoms with Gasteiger partial charge in [0.15, 0.2) is 5.96 Å². The van der Waals surface area contributed by atoms with E-state index in [0.717, 1.165) is 17.8 Å². The van der Waals surface area contributed by atoms with Gasteiger partial charge in [0.05, 0.1) is 6.54 Å². The Morgan fingerprint density at radius 1 is 1.31 bits per heavy atom. The molecule has 1 atom stereocenters. The van der Waals surface area contributed by atoms with Crippen LogP contribution < -0.4 is 16.0 Å². The van der Waals surface area contributed by atoms with E-state index in [1.165, 1.54) is 6.33 Å². The topological polar surface area (TPSA) is 96.2 Å². The number of aryl methyl sites for hydroxylation is 1. The van der Waals surface area contributed by atoms with Gasteiger partial charge in [-0.2, -0.15) is 5.10 Å². The quantitative estimate of drug-likeness (QED) is 0.511. The van der Waals surface area contributed by atoms with Gasteiger partial charge in [0.2, 0.25) is 0 Å². The normalized spacial score (nSPS) is 12.5. The van der Waals surface area contributed by atoms with Crippen molar-refractivity contribution in [2.45, 2.75) is 39.4 Å². The van der Waals surface area contributed by atoms with E-state index < -0.39 is 0 Å². The van der Waals surface area contributed by atoms with Crippen LogP contribution in [0.3, 0.4) is 0 Å². The minimum absolute atomic E-state index is 0.0500. The highest BCUT2D eigenvalue weighted by molar-refractivity contribution is 5.94. The minimum atomic E-state index is -0.0500. The number of hydrogen-bond acceptors (Lipinski definition) is 4. The first-order valence-corrected chi connectivity index (χ1v) is 8.70. The molecule has 2 rings (SSSR count). The predicted molar refractivity (Wildman–Crippen MR) is 102 cm³/mol. The van der Waals surface area contributed by atoms with Crippen LogP contribution in [0.5, 0.6) is 0 Å². The van der Waals surface area contributed by atoms with E-state index in [9.17, 15) is 4.79 Å². The van der Waals surface area contributed by atoms with Crippen LogP contribution in [0.1, 0.15) is 42.0 Å². The molecule has 0 saturated carbocycles. The molecule has 8 heteroatoms. The fourth-order valence-corrected chi connectivity index (χ4v) is 2.28. The van der Waals surface area contributed by atoms with Crippen LogP contribution in [0, 0.1) is 0 Å². The number of hydrogen-bond donors (Lipinski definition) is 3. The van der Waals surface area contributed by atoms with Gasteiger partial charge in [0, 0.05) is 32.2 Å². The highest BCUT2D eigenvalue weighted by atomic mass is 16.1. The number of carbonyl (C=O) groups excluding carboxylic acids is 1. The third-order valence-corrected chi connectivity index (χ3v) is 4.08. The molecule has 8 nitrogen and oxygen atoms in total. The molecule has 0 fully saturated rings. The van der Waals surface area contributed by atoms with Crippen molar-refractivity contribution >= 4 is 11.9 Å². The van der Waals surface area contributed by atoms with Gasteiger partial charge in [-0.3, -0.25) is 14.5 Å². The summed E-state index contributed by atoms with van der Waals surface area (Å²) in [5.41, 5.74) is 1.66. The Bertz CT molecular complexity index is 754. The molecule has 3 N–H and O–H groups in total. The lowest BCUT2D eigenvalue weighted by Crippen LogP contribution is -2.37. The van der Waals surface area contributed by atoms with Crippen LogP contribution in [-0.4, -0.2) is 39.7 Å². The van der Waals surface area contributed by atoms with E-state index in [-0.39, 0.29) is 11.9 Å². The molecule has 26 heavy (non-hydrogen) atoms. The fraction of sp³-hybridized carbons (Fsp3) is 0.444. The van der Waals surface area contributed by atoms with E-state index in [4.69, 9.17) is 0 Å². The summed E-state index contributed by atoms with van der Waals surface area (Å²) < 4.78 is 1.71. The molecule has 0 aliphatic rings. The summed E-state index contributed by atoms with van der Waals surface area (Å²) in [5.74, 6) is 1.42. The Labute approximate surface area is 154 Å². The van der Waals surface area contributed by atoms with Crippen molar-refractivity contribution in [3.63, 3.8) is 0 Å². The van der Waals surface area contributed by atoms with Gasteiger partial charge in [0.1, 0.15) is 12.2 Å². The summed E-state index contributed by atoms with van der Waals surface area (Å²) in [6.07, 6.45) is 2.42. The Hall–Kier alpha value is -2.90. The van der Waals surface area contributed by atoms with E-state index in [1.807, 2.05) is 45.2 Å².